The van der Waals surface area contributed by atoms with Crippen LogP contribution in [0.2, 0.25) is 0 Å². The molecule has 0 saturated carbocycles. The van der Waals surface area contributed by atoms with Gasteiger partial charge in [0, 0.05) is 25.1 Å². The minimum Gasteiger partial charge on any atom is -0.462 e. The van der Waals surface area contributed by atoms with Crippen LogP contribution in [0.1, 0.15) is 17.3 Å². The van der Waals surface area contributed by atoms with Crippen LogP contribution in [0.5, 0.6) is 0 Å². The van der Waals surface area contributed by atoms with Crippen molar-refractivity contribution in [1.29, 1.82) is 0 Å². The van der Waals surface area contributed by atoms with E-state index in [0.29, 0.717) is 5.16 Å². The van der Waals surface area contributed by atoms with Crippen molar-refractivity contribution in [2.24, 2.45) is 7.05 Å². The Bertz CT molecular complexity index is 643. The van der Waals surface area contributed by atoms with E-state index in [1.54, 1.807) is 30.9 Å². The van der Waals surface area contributed by atoms with Crippen LogP contribution in [-0.2, 0) is 11.8 Å². The zero-order valence-electron chi connectivity index (χ0n) is 11.1. The average molecular weight is 295 g/mol. The summed E-state index contributed by atoms with van der Waals surface area (Å²) >= 11 is 1.12. The fraction of sp³-hybridized carbons (Fsp3) is 0.231. The molecule has 5 nitrogen and oxygen atoms in total. The maximum atomic E-state index is 13.9. The molecule has 0 saturated heterocycles. The van der Waals surface area contributed by atoms with Gasteiger partial charge in [-0.15, -0.1) is 0 Å². The molecule has 2 rings (SSSR count). The second kappa shape index (κ2) is 5.96. The Kier molecular flexibility index (Phi) is 4.29. The third-order valence-electron chi connectivity index (χ3n) is 2.58. The first-order chi connectivity index (χ1) is 9.52. The van der Waals surface area contributed by atoms with Gasteiger partial charge in [-0.25, -0.2) is 14.2 Å². The molecular weight excluding hydrogens is 281 g/mol. The molecule has 20 heavy (non-hydrogen) atoms. The molecule has 2 N–H and O–H groups in total. The van der Waals surface area contributed by atoms with Gasteiger partial charge in [-0.3, -0.25) is 0 Å². The lowest BCUT2D eigenvalue weighted by atomic mass is 10.2. The number of benzene rings is 1. The Balaban J connectivity index is 2.36. The van der Waals surface area contributed by atoms with Gasteiger partial charge >= 0.3 is 5.97 Å². The van der Waals surface area contributed by atoms with Crippen molar-refractivity contribution >= 4 is 23.4 Å². The summed E-state index contributed by atoms with van der Waals surface area (Å²) in [5.74, 6) is -1.06. The van der Waals surface area contributed by atoms with Gasteiger partial charge in [0.1, 0.15) is 5.82 Å². The highest BCUT2D eigenvalue weighted by Crippen LogP contribution is 2.31. The fourth-order valence-corrected chi connectivity index (χ4v) is 2.43. The number of nitrogens with two attached hydrogens (primary N) is 1. The van der Waals surface area contributed by atoms with E-state index in [9.17, 15) is 9.18 Å². The van der Waals surface area contributed by atoms with Gasteiger partial charge in [-0.2, -0.15) is 0 Å². The molecule has 0 atom stereocenters. The molecule has 2 aromatic rings. The van der Waals surface area contributed by atoms with Crippen LogP contribution < -0.4 is 5.73 Å². The fourth-order valence-electron chi connectivity index (χ4n) is 1.58. The van der Waals surface area contributed by atoms with Crippen LogP contribution in [0.25, 0.3) is 0 Å². The lowest BCUT2D eigenvalue weighted by Crippen LogP contribution is -2.09. The number of nitrogen functional groups attached to an aromatic ring is 1. The molecular formula is C13H14FN3O2S. The number of aromatic nitrogens is 2. The Morgan fingerprint density at radius 2 is 2.30 bits per heavy atom. The van der Waals surface area contributed by atoms with E-state index < -0.39 is 11.8 Å². The number of hydrogen-bond donors (Lipinski definition) is 1. The van der Waals surface area contributed by atoms with Crippen molar-refractivity contribution in [1.82, 2.24) is 9.55 Å². The van der Waals surface area contributed by atoms with E-state index in [1.165, 1.54) is 6.07 Å². The Morgan fingerprint density at radius 3 is 2.90 bits per heavy atom. The molecule has 0 aliphatic rings. The van der Waals surface area contributed by atoms with Gasteiger partial charge in [0.2, 0.25) is 0 Å². The van der Waals surface area contributed by atoms with Gasteiger partial charge in [-0.05, 0) is 30.8 Å². The molecule has 0 aliphatic carbocycles. The Morgan fingerprint density at radius 1 is 1.55 bits per heavy atom. The van der Waals surface area contributed by atoms with Crippen LogP contribution >= 0.6 is 11.8 Å². The van der Waals surface area contributed by atoms with Crippen molar-refractivity contribution in [2.75, 3.05) is 12.3 Å². The highest BCUT2D eigenvalue weighted by molar-refractivity contribution is 7.99. The normalized spacial score (nSPS) is 10.6. The van der Waals surface area contributed by atoms with E-state index in [1.807, 2.05) is 0 Å². The molecule has 1 aromatic carbocycles. The third kappa shape index (κ3) is 2.93. The van der Waals surface area contributed by atoms with E-state index in [0.717, 1.165) is 17.8 Å². The van der Waals surface area contributed by atoms with Crippen molar-refractivity contribution in [2.45, 2.75) is 17.0 Å². The summed E-state index contributed by atoms with van der Waals surface area (Å²) in [5, 5.41) is 0.614. The quantitative estimate of drug-likeness (QED) is 0.693. The van der Waals surface area contributed by atoms with Crippen molar-refractivity contribution < 1.29 is 13.9 Å². The number of esters is 1. The van der Waals surface area contributed by atoms with Crippen molar-refractivity contribution in [3.63, 3.8) is 0 Å². The van der Waals surface area contributed by atoms with Crippen LogP contribution in [0.15, 0.2) is 34.6 Å². The van der Waals surface area contributed by atoms with Crippen LogP contribution in [0.4, 0.5) is 10.1 Å². The van der Waals surface area contributed by atoms with Gasteiger partial charge in [-0.1, -0.05) is 0 Å². The summed E-state index contributed by atoms with van der Waals surface area (Å²) in [4.78, 5) is 16.1. The third-order valence-corrected chi connectivity index (χ3v) is 3.69. The van der Waals surface area contributed by atoms with E-state index in [2.05, 4.69) is 4.98 Å². The summed E-state index contributed by atoms with van der Waals surface area (Å²) in [6.07, 6.45) is 3.37. The molecule has 0 radical (unpaired) electrons. The molecule has 0 bridgehead atoms. The lowest BCUT2D eigenvalue weighted by Gasteiger charge is -2.09. The summed E-state index contributed by atoms with van der Waals surface area (Å²) in [6, 6.07) is 2.51. The van der Waals surface area contributed by atoms with Gasteiger partial charge < -0.3 is 15.0 Å². The molecule has 0 amide bonds. The van der Waals surface area contributed by atoms with E-state index in [-0.39, 0.29) is 22.8 Å². The number of rotatable bonds is 4. The number of carbonyl (C=O) groups is 1. The largest absolute Gasteiger partial charge is 0.462 e. The number of imidazole rings is 1. The molecule has 0 fully saturated rings. The smallest absolute Gasteiger partial charge is 0.340 e. The highest BCUT2D eigenvalue weighted by atomic mass is 32.2. The van der Waals surface area contributed by atoms with Crippen LogP contribution in [0, 0.1) is 5.82 Å². The summed E-state index contributed by atoms with van der Waals surface area (Å²) in [5.41, 5.74) is 5.87. The summed E-state index contributed by atoms with van der Waals surface area (Å²) < 4.78 is 20.6. The number of nitrogens with zero attached hydrogens (tertiary/aromatic N) is 2. The Hall–Kier alpha value is -2.02. The average Bonchev–Trinajstić information content (AvgIpc) is 2.78. The predicted octanol–water partition coefficient (Wildman–Crippen LogP) is 2.47. The van der Waals surface area contributed by atoms with Crippen LogP contribution in [0.3, 0.4) is 0 Å². The lowest BCUT2D eigenvalue weighted by molar-refractivity contribution is 0.0527. The van der Waals surface area contributed by atoms with Crippen molar-refractivity contribution in [3.05, 3.63) is 35.9 Å². The van der Waals surface area contributed by atoms with Crippen LogP contribution in [-0.4, -0.2) is 22.1 Å². The maximum Gasteiger partial charge on any atom is 0.340 e. The molecule has 7 heteroatoms. The first-order valence-electron chi connectivity index (χ1n) is 5.94. The number of halogens is 1. The first-order valence-corrected chi connectivity index (χ1v) is 6.76. The summed E-state index contributed by atoms with van der Waals surface area (Å²) in [7, 11) is 1.80. The SMILES string of the molecule is CCOC(=O)c1cc(Sc2nccn2C)c(F)cc1N. The number of hydrogen-bond acceptors (Lipinski definition) is 5. The predicted molar refractivity (Wildman–Crippen MR) is 74.1 cm³/mol. The first kappa shape index (κ1) is 14.4. The zero-order chi connectivity index (χ0) is 14.7. The molecule has 0 unspecified atom stereocenters. The number of ether oxygens (including phenoxy) is 1. The monoisotopic (exact) mass is 295 g/mol. The molecule has 0 aliphatic heterocycles. The minimum atomic E-state index is -0.563. The van der Waals surface area contributed by atoms with E-state index >= 15 is 0 Å². The van der Waals surface area contributed by atoms with Gasteiger partial charge in [0.05, 0.1) is 17.1 Å². The van der Waals surface area contributed by atoms with E-state index in [4.69, 9.17) is 10.5 Å². The number of anilines is 1. The van der Waals surface area contributed by atoms with Gasteiger partial charge in [0.15, 0.2) is 5.16 Å². The standard InChI is InChI=1S/C13H14FN3O2S/c1-3-19-12(18)8-6-11(9(14)7-10(8)15)20-13-16-4-5-17(13)2/h4-7H,3,15H2,1-2H3. The highest BCUT2D eigenvalue weighted by Gasteiger charge is 2.17. The number of carbonyl (C=O) groups excluding carboxylic acids is 1. The molecule has 106 valence electrons. The summed E-state index contributed by atoms with van der Waals surface area (Å²) in [6.45, 7) is 1.93. The Labute approximate surface area is 119 Å². The van der Waals surface area contributed by atoms with Gasteiger partial charge in [0.25, 0.3) is 0 Å². The molecule has 1 heterocycles. The second-order valence-corrected chi connectivity index (χ2v) is 5.02. The number of aryl methyl sites for hydroxylation is 1. The molecule has 1 aromatic heterocycles. The maximum absolute atomic E-state index is 13.9. The topological polar surface area (TPSA) is 70.1 Å². The van der Waals surface area contributed by atoms with Crippen molar-refractivity contribution in [3.8, 4) is 0 Å². The second-order valence-electron chi connectivity index (χ2n) is 4.01. The minimum absolute atomic E-state index is 0.0603. The zero-order valence-corrected chi connectivity index (χ0v) is 11.9. The molecule has 0 spiro atoms.